The number of hydrogen-bond donors (Lipinski definition) is 2. The highest BCUT2D eigenvalue weighted by Gasteiger charge is 2.13. The fraction of sp³-hybridized carbons (Fsp3) is 0.565. The number of hydrogen-bond acceptors (Lipinski definition) is 4. The van der Waals surface area contributed by atoms with Crippen molar-refractivity contribution in [3.05, 3.63) is 52.4 Å². The number of aryl methyl sites for hydroxylation is 2. The highest BCUT2D eigenvalue weighted by Crippen LogP contribution is 2.15. The van der Waals surface area contributed by atoms with Crippen LogP contribution in [0.3, 0.4) is 0 Å². The number of guanidine groups is 1. The minimum atomic E-state index is 0. The number of aliphatic imine (C=N–C) groups is 1. The standard InChI is InChI=1S/C23H37N5O.HI/c1-6-21-20(22(7-2)29-27-21)16-26-23(24-8-3)25-15-18-11-13-19(14-12-18)17-28(9-4)10-5;/h11-14H,6-10,15-17H2,1-5H3,(H2,24,25,26);1H. The Hall–Kier alpha value is -1.61. The zero-order valence-electron chi connectivity index (χ0n) is 19.1. The van der Waals surface area contributed by atoms with Crippen LogP contribution in [0.5, 0.6) is 0 Å². The molecule has 0 saturated heterocycles. The summed E-state index contributed by atoms with van der Waals surface area (Å²) in [5, 5.41) is 10.9. The Morgan fingerprint density at radius 1 is 0.967 bits per heavy atom. The topological polar surface area (TPSA) is 65.7 Å². The second-order valence-corrected chi connectivity index (χ2v) is 7.06. The number of nitrogens with zero attached hydrogens (tertiary/aromatic N) is 3. The van der Waals surface area contributed by atoms with E-state index in [0.29, 0.717) is 13.1 Å². The minimum absolute atomic E-state index is 0. The molecule has 0 fully saturated rings. The van der Waals surface area contributed by atoms with Crippen LogP contribution < -0.4 is 10.6 Å². The number of halogens is 1. The molecule has 2 rings (SSSR count). The molecule has 1 heterocycles. The molecule has 0 aliphatic heterocycles. The van der Waals surface area contributed by atoms with Crippen LogP contribution in [0.25, 0.3) is 0 Å². The first-order chi connectivity index (χ1) is 14.1. The highest BCUT2D eigenvalue weighted by molar-refractivity contribution is 14.0. The van der Waals surface area contributed by atoms with Gasteiger partial charge in [-0.25, -0.2) is 4.99 Å². The summed E-state index contributed by atoms with van der Waals surface area (Å²) in [5.41, 5.74) is 4.73. The van der Waals surface area contributed by atoms with E-state index in [4.69, 9.17) is 9.52 Å². The normalized spacial score (nSPS) is 11.5. The van der Waals surface area contributed by atoms with Gasteiger partial charge >= 0.3 is 0 Å². The molecule has 2 N–H and O–H groups in total. The molecular weight excluding hydrogens is 489 g/mol. The van der Waals surface area contributed by atoms with Gasteiger partial charge in [0, 0.05) is 31.6 Å². The third kappa shape index (κ3) is 7.91. The molecule has 168 valence electrons. The first-order valence-electron chi connectivity index (χ1n) is 10.9. The van der Waals surface area contributed by atoms with Crippen molar-refractivity contribution in [1.82, 2.24) is 20.7 Å². The molecule has 0 unspecified atom stereocenters. The Labute approximate surface area is 198 Å². The van der Waals surface area contributed by atoms with Crippen molar-refractivity contribution in [3.63, 3.8) is 0 Å². The molecular formula is C23H38IN5O. The lowest BCUT2D eigenvalue weighted by Gasteiger charge is -2.18. The Bertz CT molecular complexity index is 732. The van der Waals surface area contributed by atoms with Crippen LogP contribution in [-0.2, 0) is 32.5 Å². The second-order valence-electron chi connectivity index (χ2n) is 7.06. The van der Waals surface area contributed by atoms with Gasteiger partial charge in [-0.2, -0.15) is 0 Å². The quantitative estimate of drug-likeness (QED) is 0.256. The minimum Gasteiger partial charge on any atom is -0.361 e. The van der Waals surface area contributed by atoms with Crippen LogP contribution in [0, 0.1) is 0 Å². The zero-order chi connectivity index (χ0) is 21.1. The Balaban J connectivity index is 0.00000450. The van der Waals surface area contributed by atoms with E-state index in [1.165, 1.54) is 11.1 Å². The van der Waals surface area contributed by atoms with E-state index < -0.39 is 0 Å². The van der Waals surface area contributed by atoms with E-state index in [9.17, 15) is 0 Å². The number of aromatic nitrogens is 1. The monoisotopic (exact) mass is 527 g/mol. The summed E-state index contributed by atoms with van der Waals surface area (Å²) in [6.45, 7) is 16.0. The molecule has 30 heavy (non-hydrogen) atoms. The molecule has 0 atom stereocenters. The molecule has 0 spiro atoms. The van der Waals surface area contributed by atoms with Gasteiger partial charge in [-0.3, -0.25) is 4.90 Å². The lowest BCUT2D eigenvalue weighted by Crippen LogP contribution is -2.37. The van der Waals surface area contributed by atoms with Crippen molar-refractivity contribution in [2.75, 3.05) is 19.6 Å². The summed E-state index contributed by atoms with van der Waals surface area (Å²) in [7, 11) is 0. The first kappa shape index (κ1) is 26.4. The molecule has 0 amide bonds. The van der Waals surface area contributed by atoms with E-state index in [2.05, 4.69) is 79.6 Å². The third-order valence-corrected chi connectivity index (χ3v) is 5.13. The van der Waals surface area contributed by atoms with Gasteiger partial charge < -0.3 is 15.2 Å². The van der Waals surface area contributed by atoms with Gasteiger partial charge in [0.05, 0.1) is 12.2 Å². The Kier molecular flexibility index (Phi) is 12.7. The van der Waals surface area contributed by atoms with E-state index in [0.717, 1.165) is 62.0 Å². The fourth-order valence-corrected chi connectivity index (χ4v) is 3.28. The van der Waals surface area contributed by atoms with Crippen LogP contribution in [0.2, 0.25) is 0 Å². The second kappa shape index (κ2) is 14.4. The maximum atomic E-state index is 5.46. The largest absolute Gasteiger partial charge is 0.361 e. The van der Waals surface area contributed by atoms with Gasteiger partial charge in [-0.05, 0) is 37.6 Å². The Morgan fingerprint density at radius 2 is 1.63 bits per heavy atom. The lowest BCUT2D eigenvalue weighted by molar-refractivity contribution is 0.296. The molecule has 6 nitrogen and oxygen atoms in total. The molecule has 0 radical (unpaired) electrons. The van der Waals surface area contributed by atoms with E-state index in [1.54, 1.807) is 0 Å². The van der Waals surface area contributed by atoms with Crippen LogP contribution in [0.1, 0.15) is 62.8 Å². The molecule has 0 saturated carbocycles. The van der Waals surface area contributed by atoms with Crippen molar-refractivity contribution in [2.24, 2.45) is 4.99 Å². The van der Waals surface area contributed by atoms with Gasteiger partial charge in [0.1, 0.15) is 5.76 Å². The third-order valence-electron chi connectivity index (χ3n) is 5.13. The van der Waals surface area contributed by atoms with E-state index >= 15 is 0 Å². The summed E-state index contributed by atoms with van der Waals surface area (Å²) < 4.78 is 5.46. The van der Waals surface area contributed by atoms with Gasteiger partial charge in [-0.1, -0.05) is 57.1 Å². The summed E-state index contributed by atoms with van der Waals surface area (Å²) in [5.74, 6) is 1.76. The lowest BCUT2D eigenvalue weighted by atomic mass is 10.1. The van der Waals surface area contributed by atoms with Crippen LogP contribution in [-0.4, -0.2) is 35.7 Å². The van der Waals surface area contributed by atoms with Crippen molar-refractivity contribution >= 4 is 29.9 Å². The molecule has 1 aromatic heterocycles. The molecule has 2 aromatic rings. The summed E-state index contributed by atoms with van der Waals surface area (Å²) >= 11 is 0. The van der Waals surface area contributed by atoms with Crippen molar-refractivity contribution in [2.45, 2.75) is 67.1 Å². The number of rotatable bonds is 11. The summed E-state index contributed by atoms with van der Waals surface area (Å²) in [6, 6.07) is 8.77. The van der Waals surface area contributed by atoms with Crippen LogP contribution in [0.4, 0.5) is 0 Å². The molecule has 0 aliphatic rings. The maximum Gasteiger partial charge on any atom is 0.191 e. The van der Waals surface area contributed by atoms with Crippen molar-refractivity contribution < 1.29 is 4.52 Å². The predicted octanol–water partition coefficient (Wildman–Crippen LogP) is 4.51. The van der Waals surface area contributed by atoms with Crippen LogP contribution >= 0.6 is 24.0 Å². The fourth-order valence-electron chi connectivity index (χ4n) is 3.28. The highest BCUT2D eigenvalue weighted by atomic mass is 127. The number of benzene rings is 1. The maximum absolute atomic E-state index is 5.46. The summed E-state index contributed by atoms with van der Waals surface area (Å²) in [6.07, 6.45) is 1.71. The zero-order valence-corrected chi connectivity index (χ0v) is 21.5. The molecule has 0 bridgehead atoms. The molecule has 0 aliphatic carbocycles. The van der Waals surface area contributed by atoms with E-state index in [1.807, 2.05) is 0 Å². The SMILES string of the molecule is CCNC(=NCc1ccc(CN(CC)CC)cc1)NCc1c(CC)noc1CC.I. The molecule has 1 aromatic carbocycles. The number of nitrogens with one attached hydrogen (secondary N) is 2. The van der Waals surface area contributed by atoms with Crippen molar-refractivity contribution in [3.8, 4) is 0 Å². The van der Waals surface area contributed by atoms with Crippen LogP contribution in [0.15, 0.2) is 33.8 Å². The average Bonchev–Trinajstić information content (AvgIpc) is 3.16. The van der Waals surface area contributed by atoms with Gasteiger partial charge in [-0.15, -0.1) is 24.0 Å². The summed E-state index contributed by atoms with van der Waals surface area (Å²) in [4.78, 5) is 7.17. The smallest absolute Gasteiger partial charge is 0.191 e. The van der Waals surface area contributed by atoms with Gasteiger partial charge in [0.15, 0.2) is 5.96 Å². The Morgan fingerprint density at radius 3 is 2.20 bits per heavy atom. The van der Waals surface area contributed by atoms with Gasteiger partial charge in [0.2, 0.25) is 0 Å². The van der Waals surface area contributed by atoms with Crippen molar-refractivity contribution in [1.29, 1.82) is 0 Å². The molecule has 7 heteroatoms. The van der Waals surface area contributed by atoms with Gasteiger partial charge in [0.25, 0.3) is 0 Å². The average molecular weight is 527 g/mol. The van der Waals surface area contributed by atoms with E-state index in [-0.39, 0.29) is 24.0 Å². The first-order valence-corrected chi connectivity index (χ1v) is 10.9. The predicted molar refractivity (Wildman–Crippen MR) is 135 cm³/mol.